The highest BCUT2D eigenvalue weighted by molar-refractivity contribution is 5.89. The molecule has 3 aliphatic rings. The predicted octanol–water partition coefficient (Wildman–Crippen LogP) is 3.22. The first-order valence-electron chi connectivity index (χ1n) is 13.8. The Morgan fingerprint density at radius 2 is 1.97 bits per heavy atom. The van der Waals surface area contributed by atoms with Gasteiger partial charge in [-0.1, -0.05) is 26.8 Å². The molecule has 4 N–H and O–H groups in total. The van der Waals surface area contributed by atoms with Crippen molar-refractivity contribution in [2.45, 2.75) is 58.6 Å². The SMILES string of the molecule is C[C@H]1[C@@H]2[C@@H](O)[C@@H]([C@H](C)C(=O)NCCN3CCOCC3)CC[C@@]2(C)CC[C@@H]1NC(=O)Nc1cccc(F)c1. The Labute approximate surface area is 219 Å². The highest BCUT2D eigenvalue weighted by atomic mass is 19.1. The second-order valence-corrected chi connectivity index (χ2v) is 11.5. The third-order valence-corrected chi connectivity index (χ3v) is 9.17. The molecule has 1 aromatic carbocycles. The number of carbonyl (C=O) groups excluding carboxylic acids is 2. The smallest absolute Gasteiger partial charge is 0.319 e. The number of aliphatic hydroxyl groups excluding tert-OH is 1. The lowest BCUT2D eigenvalue weighted by atomic mass is 9.52. The lowest BCUT2D eigenvalue weighted by molar-refractivity contribution is -0.141. The van der Waals surface area contributed by atoms with Crippen LogP contribution in [0.1, 0.15) is 46.5 Å². The molecule has 1 aliphatic heterocycles. The van der Waals surface area contributed by atoms with E-state index in [0.29, 0.717) is 12.2 Å². The number of carbonyl (C=O) groups is 2. The molecule has 3 amide bonds. The number of urea groups is 1. The second-order valence-electron chi connectivity index (χ2n) is 11.5. The number of aliphatic hydroxyl groups is 1. The van der Waals surface area contributed by atoms with Gasteiger partial charge in [-0.05, 0) is 67.1 Å². The van der Waals surface area contributed by atoms with E-state index in [-0.39, 0.29) is 47.1 Å². The summed E-state index contributed by atoms with van der Waals surface area (Å²) >= 11 is 0. The Kier molecular flexibility index (Phi) is 9.08. The number of hydrogen-bond donors (Lipinski definition) is 4. The van der Waals surface area contributed by atoms with Crippen molar-refractivity contribution in [3.05, 3.63) is 30.1 Å². The zero-order chi connectivity index (χ0) is 26.6. The van der Waals surface area contributed by atoms with Crippen LogP contribution >= 0.6 is 0 Å². The number of fused-ring (bicyclic) bond motifs is 1. The number of hydrogen-bond acceptors (Lipinski definition) is 5. The normalized spacial score (nSPS) is 33.2. The van der Waals surface area contributed by atoms with Crippen LogP contribution in [0.2, 0.25) is 0 Å². The number of nitrogens with one attached hydrogen (secondary N) is 3. The maximum absolute atomic E-state index is 13.5. The molecule has 1 aromatic rings. The third-order valence-electron chi connectivity index (χ3n) is 9.17. The van der Waals surface area contributed by atoms with Crippen molar-refractivity contribution in [1.82, 2.24) is 15.5 Å². The van der Waals surface area contributed by atoms with Crippen molar-refractivity contribution in [2.24, 2.45) is 29.1 Å². The van der Waals surface area contributed by atoms with E-state index in [2.05, 4.69) is 34.7 Å². The van der Waals surface area contributed by atoms with Crippen molar-refractivity contribution >= 4 is 17.6 Å². The fraction of sp³-hybridized carbons (Fsp3) is 0.714. The number of halogens is 1. The summed E-state index contributed by atoms with van der Waals surface area (Å²) < 4.78 is 18.9. The molecule has 2 aliphatic carbocycles. The minimum atomic E-state index is -0.621. The molecule has 9 heteroatoms. The molecule has 3 fully saturated rings. The van der Waals surface area contributed by atoms with E-state index in [1.54, 1.807) is 12.1 Å². The monoisotopic (exact) mass is 518 g/mol. The summed E-state index contributed by atoms with van der Waals surface area (Å²) in [6.07, 6.45) is 2.87. The molecular formula is C28H43FN4O4. The molecule has 206 valence electrons. The number of anilines is 1. The Hall–Kier alpha value is -2.23. The van der Waals surface area contributed by atoms with Crippen LogP contribution < -0.4 is 16.0 Å². The molecular weight excluding hydrogens is 475 g/mol. The maximum Gasteiger partial charge on any atom is 0.319 e. The number of amides is 3. The topological polar surface area (TPSA) is 103 Å². The second kappa shape index (κ2) is 12.1. The summed E-state index contributed by atoms with van der Waals surface area (Å²) in [5, 5.41) is 20.4. The van der Waals surface area contributed by atoms with Gasteiger partial charge in [0.05, 0.1) is 19.3 Å². The van der Waals surface area contributed by atoms with Crippen molar-refractivity contribution < 1.29 is 23.8 Å². The third kappa shape index (κ3) is 6.62. The lowest BCUT2D eigenvalue weighted by Gasteiger charge is -2.56. The van der Waals surface area contributed by atoms with Gasteiger partial charge >= 0.3 is 6.03 Å². The van der Waals surface area contributed by atoms with E-state index in [9.17, 15) is 19.1 Å². The highest BCUT2D eigenvalue weighted by Gasteiger charge is 2.53. The van der Waals surface area contributed by atoms with Gasteiger partial charge in [-0.15, -0.1) is 0 Å². The van der Waals surface area contributed by atoms with E-state index >= 15 is 0 Å². The van der Waals surface area contributed by atoms with Crippen LogP contribution in [0, 0.1) is 34.9 Å². The number of rotatable bonds is 7. The quantitative estimate of drug-likeness (QED) is 0.444. The van der Waals surface area contributed by atoms with Crippen LogP contribution in [-0.2, 0) is 9.53 Å². The molecule has 0 aromatic heterocycles. The number of benzene rings is 1. The first-order chi connectivity index (χ1) is 17.7. The largest absolute Gasteiger partial charge is 0.392 e. The van der Waals surface area contributed by atoms with Gasteiger partial charge in [0.25, 0.3) is 0 Å². The Morgan fingerprint density at radius 3 is 2.70 bits per heavy atom. The van der Waals surface area contributed by atoms with Crippen LogP contribution in [0.3, 0.4) is 0 Å². The minimum Gasteiger partial charge on any atom is -0.392 e. The molecule has 0 radical (unpaired) electrons. The Bertz CT molecular complexity index is 943. The van der Waals surface area contributed by atoms with Crippen LogP contribution in [0.15, 0.2) is 24.3 Å². The average Bonchev–Trinajstić information content (AvgIpc) is 2.86. The van der Waals surface area contributed by atoms with Crippen LogP contribution in [0.25, 0.3) is 0 Å². The van der Waals surface area contributed by atoms with E-state index in [1.807, 2.05) is 6.92 Å². The zero-order valence-electron chi connectivity index (χ0n) is 22.3. The molecule has 4 rings (SSSR count). The summed E-state index contributed by atoms with van der Waals surface area (Å²) in [6.45, 7) is 10.9. The van der Waals surface area contributed by atoms with Crippen molar-refractivity contribution in [2.75, 3.05) is 44.7 Å². The average molecular weight is 519 g/mol. The van der Waals surface area contributed by atoms with Gasteiger partial charge in [0, 0.05) is 43.8 Å². The highest BCUT2D eigenvalue weighted by Crippen LogP contribution is 2.55. The molecule has 0 unspecified atom stereocenters. The molecule has 0 spiro atoms. The van der Waals surface area contributed by atoms with Crippen LogP contribution in [-0.4, -0.2) is 73.5 Å². The molecule has 37 heavy (non-hydrogen) atoms. The minimum absolute atomic E-state index is 0.00600. The van der Waals surface area contributed by atoms with Crippen molar-refractivity contribution in [3.63, 3.8) is 0 Å². The summed E-state index contributed by atoms with van der Waals surface area (Å²) in [4.78, 5) is 28.0. The lowest BCUT2D eigenvalue weighted by Crippen LogP contribution is -2.59. The fourth-order valence-corrected chi connectivity index (χ4v) is 6.92. The van der Waals surface area contributed by atoms with Gasteiger partial charge < -0.3 is 25.8 Å². The predicted molar refractivity (Wildman–Crippen MR) is 141 cm³/mol. The van der Waals surface area contributed by atoms with Gasteiger partial charge in [0.1, 0.15) is 5.82 Å². The number of morpholine rings is 1. The van der Waals surface area contributed by atoms with Gasteiger partial charge in [0.2, 0.25) is 5.91 Å². The molecule has 0 bridgehead atoms. The first-order valence-corrected chi connectivity index (χ1v) is 13.8. The van der Waals surface area contributed by atoms with E-state index in [0.717, 1.165) is 58.5 Å². The Balaban J connectivity index is 1.33. The summed E-state index contributed by atoms with van der Waals surface area (Å²) in [6, 6.07) is 5.33. The molecule has 2 saturated carbocycles. The van der Waals surface area contributed by atoms with Gasteiger partial charge in [-0.3, -0.25) is 9.69 Å². The summed E-state index contributed by atoms with van der Waals surface area (Å²) in [5.74, 6) is -0.817. The zero-order valence-corrected chi connectivity index (χ0v) is 22.3. The van der Waals surface area contributed by atoms with E-state index < -0.39 is 11.9 Å². The van der Waals surface area contributed by atoms with Crippen LogP contribution in [0.5, 0.6) is 0 Å². The van der Waals surface area contributed by atoms with Gasteiger partial charge in [0.15, 0.2) is 0 Å². The van der Waals surface area contributed by atoms with E-state index in [1.165, 1.54) is 12.1 Å². The summed E-state index contributed by atoms with van der Waals surface area (Å²) in [7, 11) is 0. The van der Waals surface area contributed by atoms with Crippen molar-refractivity contribution in [1.29, 1.82) is 0 Å². The van der Waals surface area contributed by atoms with Crippen molar-refractivity contribution in [3.8, 4) is 0 Å². The number of nitrogens with zero attached hydrogens (tertiary/aromatic N) is 1. The molecule has 8 nitrogen and oxygen atoms in total. The van der Waals surface area contributed by atoms with E-state index in [4.69, 9.17) is 4.74 Å². The molecule has 7 atom stereocenters. The summed E-state index contributed by atoms with van der Waals surface area (Å²) in [5.41, 5.74) is 0.371. The Morgan fingerprint density at radius 1 is 1.24 bits per heavy atom. The van der Waals surface area contributed by atoms with Crippen LogP contribution in [0.4, 0.5) is 14.9 Å². The maximum atomic E-state index is 13.5. The van der Waals surface area contributed by atoms with Gasteiger partial charge in [-0.25, -0.2) is 9.18 Å². The molecule has 1 heterocycles. The number of ether oxygens (including phenoxy) is 1. The first kappa shape index (κ1) is 27.8. The van der Waals surface area contributed by atoms with Gasteiger partial charge in [-0.2, -0.15) is 0 Å². The molecule has 1 saturated heterocycles. The standard InChI is InChI=1S/C28H43FN4O4/c1-18(26(35)30-11-12-33-13-15-37-16-14-33)22-7-9-28(3)10-8-23(19(2)24(28)25(22)34)32-27(36)31-21-6-4-5-20(29)17-21/h4-6,17-19,22-25,34H,7-16H2,1-3H3,(H,30,35)(H2,31,32,36)/t18-,19+,22+,23-,24+,25-,28-/m0/s1. The fourth-order valence-electron chi connectivity index (χ4n) is 6.92.